The third-order valence-electron chi connectivity index (χ3n) is 5.16. The molecule has 2 aromatic carbocycles. The normalized spacial score (nSPS) is 11.6. The van der Waals surface area contributed by atoms with Gasteiger partial charge in [-0.05, 0) is 37.1 Å². The highest BCUT2D eigenvalue weighted by Crippen LogP contribution is 2.29. The lowest BCUT2D eigenvalue weighted by atomic mass is 10.1. The van der Waals surface area contributed by atoms with E-state index in [0.29, 0.717) is 16.9 Å². The van der Waals surface area contributed by atoms with Gasteiger partial charge in [-0.2, -0.15) is 4.98 Å². The van der Waals surface area contributed by atoms with Crippen LogP contribution in [0.3, 0.4) is 0 Å². The molecule has 3 heterocycles. The van der Waals surface area contributed by atoms with Crippen molar-refractivity contribution in [2.24, 2.45) is 7.05 Å². The molecule has 0 aliphatic rings. The summed E-state index contributed by atoms with van der Waals surface area (Å²) in [7, 11) is 1.60. The topological polar surface area (TPSA) is 77.1 Å². The van der Waals surface area contributed by atoms with Crippen molar-refractivity contribution in [3.63, 3.8) is 0 Å². The van der Waals surface area contributed by atoms with Crippen LogP contribution in [0, 0.1) is 13.8 Å². The Labute approximate surface area is 165 Å². The van der Waals surface area contributed by atoms with E-state index in [1.807, 2.05) is 41.1 Å². The van der Waals surface area contributed by atoms with Gasteiger partial charge in [0, 0.05) is 24.5 Å². The van der Waals surface area contributed by atoms with Crippen LogP contribution in [0.2, 0.25) is 0 Å². The van der Waals surface area contributed by atoms with Crippen LogP contribution < -0.4 is 11.2 Å². The number of aryl methyl sites for hydroxylation is 3. The lowest BCUT2D eigenvalue weighted by molar-refractivity contribution is 0.831. The Morgan fingerprint density at radius 1 is 0.966 bits per heavy atom. The first-order chi connectivity index (χ1) is 13.9. The Morgan fingerprint density at radius 3 is 2.34 bits per heavy atom. The number of nitrogens with one attached hydrogen (secondary N) is 1. The second-order valence-electron chi connectivity index (χ2n) is 7.33. The molecular weight excluding hydrogens is 366 g/mol. The van der Waals surface area contributed by atoms with E-state index in [9.17, 15) is 9.59 Å². The number of imidazole rings is 2. The number of nitrogens with zero attached hydrogens (tertiary/aromatic N) is 4. The molecule has 0 saturated carbocycles. The van der Waals surface area contributed by atoms with Crippen LogP contribution >= 0.6 is 0 Å². The van der Waals surface area contributed by atoms with Crippen LogP contribution in [0.1, 0.15) is 11.1 Å². The van der Waals surface area contributed by atoms with Gasteiger partial charge in [-0.15, -0.1) is 0 Å². The Kier molecular flexibility index (Phi) is 3.61. The van der Waals surface area contributed by atoms with Gasteiger partial charge >= 0.3 is 5.69 Å². The van der Waals surface area contributed by atoms with Gasteiger partial charge in [-0.3, -0.25) is 23.3 Å². The van der Waals surface area contributed by atoms with Crippen molar-refractivity contribution in [1.82, 2.24) is 23.5 Å². The highest BCUT2D eigenvalue weighted by molar-refractivity contribution is 5.79. The third-order valence-corrected chi connectivity index (χ3v) is 5.16. The average molecular weight is 385 g/mol. The number of aromatic amines is 1. The standard InChI is InChI=1S/C22H19N5O2/c1-13-9-14(2)11-16(10-13)27-17(15-7-5-4-6-8-15)12-26-18-19(23-21(26)27)25(3)22(29)24-20(18)28/h4-12H,1-3H3,(H,24,28,29). The summed E-state index contributed by atoms with van der Waals surface area (Å²) in [5.74, 6) is 0.579. The molecule has 0 unspecified atom stereocenters. The summed E-state index contributed by atoms with van der Waals surface area (Å²) in [5, 5.41) is 0. The predicted molar refractivity (Wildman–Crippen MR) is 113 cm³/mol. The third kappa shape index (κ3) is 2.55. The Balaban J connectivity index is 1.98. The van der Waals surface area contributed by atoms with E-state index in [1.165, 1.54) is 4.57 Å². The maximum absolute atomic E-state index is 12.6. The molecule has 29 heavy (non-hydrogen) atoms. The molecular formula is C22H19N5O2. The predicted octanol–water partition coefficient (Wildman–Crippen LogP) is 2.95. The van der Waals surface area contributed by atoms with Crippen LogP contribution in [0.5, 0.6) is 0 Å². The summed E-state index contributed by atoms with van der Waals surface area (Å²) in [6.07, 6.45) is 1.90. The lowest BCUT2D eigenvalue weighted by Crippen LogP contribution is -2.28. The van der Waals surface area contributed by atoms with Crippen molar-refractivity contribution in [2.45, 2.75) is 13.8 Å². The first kappa shape index (κ1) is 17.2. The van der Waals surface area contributed by atoms with Gasteiger partial charge in [0.15, 0.2) is 11.2 Å². The second-order valence-corrected chi connectivity index (χ2v) is 7.33. The van der Waals surface area contributed by atoms with Crippen LogP contribution in [0.25, 0.3) is 33.9 Å². The minimum atomic E-state index is -0.482. The van der Waals surface area contributed by atoms with Gasteiger partial charge in [0.05, 0.1) is 5.69 Å². The van der Waals surface area contributed by atoms with E-state index in [-0.39, 0.29) is 0 Å². The zero-order valence-electron chi connectivity index (χ0n) is 16.3. The summed E-state index contributed by atoms with van der Waals surface area (Å²) in [6.45, 7) is 4.10. The highest BCUT2D eigenvalue weighted by Gasteiger charge is 2.20. The van der Waals surface area contributed by atoms with E-state index < -0.39 is 11.2 Å². The van der Waals surface area contributed by atoms with Crippen LogP contribution in [0.4, 0.5) is 0 Å². The van der Waals surface area contributed by atoms with Crippen molar-refractivity contribution in [2.75, 3.05) is 0 Å². The van der Waals surface area contributed by atoms with E-state index in [2.05, 4.69) is 42.0 Å². The van der Waals surface area contributed by atoms with Crippen molar-refractivity contribution in [1.29, 1.82) is 0 Å². The van der Waals surface area contributed by atoms with Gasteiger partial charge in [0.2, 0.25) is 5.78 Å². The largest absolute Gasteiger partial charge is 0.329 e. The van der Waals surface area contributed by atoms with Crippen molar-refractivity contribution < 1.29 is 0 Å². The molecule has 5 rings (SSSR count). The van der Waals surface area contributed by atoms with Gasteiger partial charge in [0.1, 0.15) is 0 Å². The average Bonchev–Trinajstić information content (AvgIpc) is 3.22. The molecule has 0 fully saturated rings. The number of rotatable bonds is 2. The van der Waals surface area contributed by atoms with Gasteiger partial charge in [0.25, 0.3) is 5.56 Å². The fourth-order valence-corrected chi connectivity index (χ4v) is 3.91. The number of hydrogen-bond acceptors (Lipinski definition) is 3. The summed E-state index contributed by atoms with van der Waals surface area (Å²) in [6, 6.07) is 16.3. The Bertz CT molecular complexity index is 1500. The highest BCUT2D eigenvalue weighted by atomic mass is 16.2. The van der Waals surface area contributed by atoms with E-state index in [1.54, 1.807) is 11.4 Å². The molecule has 1 N–H and O–H groups in total. The molecule has 3 aromatic heterocycles. The van der Waals surface area contributed by atoms with Crippen molar-refractivity contribution in [3.8, 4) is 16.9 Å². The van der Waals surface area contributed by atoms with Crippen LogP contribution in [0.15, 0.2) is 64.3 Å². The van der Waals surface area contributed by atoms with Crippen LogP contribution in [-0.4, -0.2) is 23.5 Å². The monoisotopic (exact) mass is 385 g/mol. The summed E-state index contributed by atoms with van der Waals surface area (Å²) in [5.41, 5.74) is 4.90. The quantitative estimate of drug-likeness (QED) is 0.508. The number of benzene rings is 2. The van der Waals surface area contributed by atoms with E-state index in [4.69, 9.17) is 0 Å². The zero-order valence-corrected chi connectivity index (χ0v) is 16.3. The Morgan fingerprint density at radius 2 is 1.66 bits per heavy atom. The minimum Gasteiger partial charge on any atom is -0.279 e. The number of fused-ring (bicyclic) bond motifs is 3. The summed E-state index contributed by atoms with van der Waals surface area (Å²) >= 11 is 0. The fourth-order valence-electron chi connectivity index (χ4n) is 3.91. The number of hydrogen-bond donors (Lipinski definition) is 1. The second kappa shape index (κ2) is 6.07. The molecule has 5 aromatic rings. The number of H-pyrrole nitrogens is 1. The van der Waals surface area contributed by atoms with Crippen molar-refractivity contribution >= 4 is 16.9 Å². The molecule has 0 spiro atoms. The molecule has 7 nitrogen and oxygen atoms in total. The maximum Gasteiger partial charge on any atom is 0.329 e. The van der Waals surface area contributed by atoms with Crippen LogP contribution in [-0.2, 0) is 7.05 Å². The first-order valence-electron chi connectivity index (χ1n) is 9.31. The summed E-state index contributed by atoms with van der Waals surface area (Å²) < 4.78 is 5.14. The molecule has 7 heteroatoms. The molecule has 144 valence electrons. The molecule has 0 bridgehead atoms. The van der Waals surface area contributed by atoms with Gasteiger partial charge in [-0.25, -0.2) is 4.79 Å². The minimum absolute atomic E-state index is 0.349. The Hall–Kier alpha value is -3.87. The fraction of sp³-hybridized carbons (Fsp3) is 0.136. The molecule has 0 amide bonds. The van der Waals surface area contributed by atoms with Crippen molar-refractivity contribution in [3.05, 3.63) is 86.7 Å². The molecule has 0 radical (unpaired) electrons. The summed E-state index contributed by atoms with van der Waals surface area (Å²) in [4.78, 5) is 31.7. The van der Waals surface area contributed by atoms with E-state index >= 15 is 0 Å². The first-order valence-corrected chi connectivity index (χ1v) is 9.31. The number of aromatic nitrogens is 5. The van der Waals surface area contributed by atoms with E-state index in [0.717, 1.165) is 28.1 Å². The molecule has 0 aliphatic carbocycles. The molecule has 0 saturated heterocycles. The SMILES string of the molecule is Cc1cc(C)cc(-n2c(-c3ccccc3)cn3c4c(=O)[nH]c(=O)n(C)c4nc23)c1. The van der Waals surface area contributed by atoms with Gasteiger partial charge in [-0.1, -0.05) is 36.4 Å². The zero-order chi connectivity index (χ0) is 20.3. The maximum atomic E-state index is 12.6. The van der Waals surface area contributed by atoms with Gasteiger partial charge < -0.3 is 0 Å². The molecule has 0 atom stereocenters. The lowest BCUT2D eigenvalue weighted by Gasteiger charge is -2.11. The smallest absolute Gasteiger partial charge is 0.279 e. The molecule has 0 aliphatic heterocycles.